The van der Waals surface area contributed by atoms with Crippen molar-refractivity contribution in [1.82, 2.24) is 0 Å². The van der Waals surface area contributed by atoms with Crippen molar-refractivity contribution in [2.24, 2.45) is 5.92 Å². The van der Waals surface area contributed by atoms with Crippen LogP contribution in [0.5, 0.6) is 0 Å². The van der Waals surface area contributed by atoms with Gasteiger partial charge in [0.15, 0.2) is 0 Å². The fraction of sp³-hybridized carbons (Fsp3) is 0.600. The Hall–Kier alpha value is -1.04. The molecule has 0 saturated heterocycles. The molecule has 0 N–H and O–H groups in total. The zero-order valence-corrected chi connectivity index (χ0v) is 13.5. The van der Waals surface area contributed by atoms with E-state index < -0.39 is 0 Å². The van der Waals surface area contributed by atoms with E-state index in [9.17, 15) is 0 Å². The molecule has 0 nitrogen and oxygen atoms in total. The zero-order valence-electron chi connectivity index (χ0n) is 13.5. The molecular formula is C20H32. The van der Waals surface area contributed by atoms with Gasteiger partial charge < -0.3 is 0 Å². The van der Waals surface area contributed by atoms with Crippen LogP contribution in [-0.2, 0) is 0 Å². The van der Waals surface area contributed by atoms with Gasteiger partial charge in [0.05, 0.1) is 0 Å². The second-order valence-electron chi connectivity index (χ2n) is 6.01. The van der Waals surface area contributed by atoms with Crippen molar-refractivity contribution in [2.45, 2.75) is 71.6 Å². The Balaban J connectivity index is 2.00. The summed E-state index contributed by atoms with van der Waals surface area (Å²) in [6.45, 7) is 4.62. The van der Waals surface area contributed by atoms with Crippen LogP contribution < -0.4 is 0 Å². The Morgan fingerprint density at radius 3 is 2.10 bits per heavy atom. The van der Waals surface area contributed by atoms with Crippen LogP contribution in [0.2, 0.25) is 0 Å². The fourth-order valence-electron chi connectivity index (χ4n) is 2.54. The summed E-state index contributed by atoms with van der Waals surface area (Å²) < 4.78 is 0. The third-order valence-corrected chi connectivity index (χ3v) is 3.93. The molecule has 0 bridgehead atoms. The van der Waals surface area contributed by atoms with Gasteiger partial charge >= 0.3 is 0 Å². The van der Waals surface area contributed by atoms with Gasteiger partial charge in [-0.3, -0.25) is 0 Å². The van der Waals surface area contributed by atoms with Crippen molar-refractivity contribution in [1.29, 1.82) is 0 Å². The lowest BCUT2D eigenvalue weighted by atomic mass is 10.0. The van der Waals surface area contributed by atoms with E-state index in [1.54, 1.807) is 0 Å². The summed E-state index contributed by atoms with van der Waals surface area (Å²) in [6.07, 6.45) is 17.3. The van der Waals surface area contributed by atoms with Gasteiger partial charge in [0.25, 0.3) is 0 Å². The van der Waals surface area contributed by atoms with Gasteiger partial charge in [-0.2, -0.15) is 0 Å². The van der Waals surface area contributed by atoms with E-state index in [-0.39, 0.29) is 0 Å². The second kappa shape index (κ2) is 11.8. The van der Waals surface area contributed by atoms with Crippen LogP contribution in [0, 0.1) is 5.92 Å². The normalized spacial score (nSPS) is 12.9. The molecule has 112 valence electrons. The van der Waals surface area contributed by atoms with Crippen molar-refractivity contribution in [3.63, 3.8) is 0 Å². The lowest BCUT2D eigenvalue weighted by molar-refractivity contribution is 0.533. The van der Waals surface area contributed by atoms with E-state index in [0.717, 1.165) is 0 Å². The first-order valence-corrected chi connectivity index (χ1v) is 8.56. The van der Waals surface area contributed by atoms with Crippen molar-refractivity contribution < 1.29 is 0 Å². The van der Waals surface area contributed by atoms with Crippen LogP contribution >= 0.6 is 0 Å². The van der Waals surface area contributed by atoms with E-state index in [4.69, 9.17) is 0 Å². The van der Waals surface area contributed by atoms with Gasteiger partial charge in [-0.15, -0.1) is 0 Å². The summed E-state index contributed by atoms with van der Waals surface area (Å²) in [5, 5.41) is 0. The molecule has 0 aliphatic heterocycles. The highest BCUT2D eigenvalue weighted by molar-refractivity contribution is 5.48. The molecule has 0 fully saturated rings. The predicted molar refractivity (Wildman–Crippen MR) is 91.9 cm³/mol. The van der Waals surface area contributed by atoms with Crippen molar-refractivity contribution in [3.8, 4) is 0 Å². The summed E-state index contributed by atoms with van der Waals surface area (Å²) in [5.41, 5.74) is 1.32. The first-order chi connectivity index (χ1) is 9.83. The summed E-state index contributed by atoms with van der Waals surface area (Å²) in [5.74, 6) is 0.704. The highest BCUT2D eigenvalue weighted by atomic mass is 14.0. The SMILES string of the molecule is CCCCCCCCCCC(C)C=Cc1ccccc1. The number of hydrogen-bond acceptors (Lipinski definition) is 0. The minimum atomic E-state index is 0.704. The van der Waals surface area contributed by atoms with E-state index in [2.05, 4.69) is 56.3 Å². The average Bonchev–Trinajstić information content (AvgIpc) is 2.49. The maximum atomic E-state index is 2.36. The molecular weight excluding hydrogens is 240 g/mol. The third kappa shape index (κ3) is 8.96. The Kier molecular flexibility index (Phi) is 10.0. The van der Waals surface area contributed by atoms with Gasteiger partial charge in [0, 0.05) is 0 Å². The number of unbranched alkanes of at least 4 members (excludes halogenated alkanes) is 7. The van der Waals surface area contributed by atoms with Crippen molar-refractivity contribution in [2.75, 3.05) is 0 Å². The van der Waals surface area contributed by atoms with Gasteiger partial charge in [0.1, 0.15) is 0 Å². The van der Waals surface area contributed by atoms with Crippen LogP contribution in [0.3, 0.4) is 0 Å². The third-order valence-electron chi connectivity index (χ3n) is 3.93. The Morgan fingerprint density at radius 1 is 0.850 bits per heavy atom. The molecule has 0 radical (unpaired) electrons. The second-order valence-corrected chi connectivity index (χ2v) is 6.01. The highest BCUT2D eigenvalue weighted by Gasteiger charge is 1.97. The van der Waals surface area contributed by atoms with Crippen molar-refractivity contribution in [3.05, 3.63) is 42.0 Å². The van der Waals surface area contributed by atoms with E-state index in [1.165, 1.54) is 63.4 Å². The molecule has 0 heteroatoms. The molecule has 1 atom stereocenters. The minimum absolute atomic E-state index is 0.704. The topological polar surface area (TPSA) is 0 Å². The number of hydrogen-bond donors (Lipinski definition) is 0. The smallest absolute Gasteiger partial charge is 0.0259 e. The minimum Gasteiger partial charge on any atom is -0.0811 e. The molecule has 1 aromatic carbocycles. The molecule has 0 heterocycles. The van der Waals surface area contributed by atoms with E-state index in [0.29, 0.717) is 5.92 Å². The fourth-order valence-corrected chi connectivity index (χ4v) is 2.54. The number of rotatable bonds is 11. The molecule has 1 unspecified atom stereocenters. The predicted octanol–water partition coefficient (Wildman–Crippen LogP) is 6.87. The summed E-state index contributed by atoms with van der Waals surface area (Å²) in [6, 6.07) is 10.6. The van der Waals surface area contributed by atoms with E-state index in [1.807, 2.05) is 0 Å². The lowest BCUT2D eigenvalue weighted by Crippen LogP contribution is -1.90. The van der Waals surface area contributed by atoms with Crippen molar-refractivity contribution >= 4 is 6.08 Å². The molecule has 0 aliphatic rings. The number of allylic oxidation sites excluding steroid dienone is 1. The molecule has 0 amide bonds. The summed E-state index contributed by atoms with van der Waals surface area (Å²) >= 11 is 0. The van der Waals surface area contributed by atoms with Gasteiger partial charge in [-0.1, -0.05) is 108 Å². The van der Waals surface area contributed by atoms with Crippen LogP contribution in [-0.4, -0.2) is 0 Å². The maximum absolute atomic E-state index is 2.36. The average molecular weight is 272 g/mol. The van der Waals surface area contributed by atoms with Crippen LogP contribution in [0.1, 0.15) is 77.2 Å². The van der Waals surface area contributed by atoms with Gasteiger partial charge in [-0.25, -0.2) is 0 Å². The van der Waals surface area contributed by atoms with Gasteiger partial charge in [0.2, 0.25) is 0 Å². The standard InChI is InChI=1S/C20H32/c1-3-4-5-6-7-8-9-11-14-19(2)17-18-20-15-12-10-13-16-20/h10,12-13,15-19H,3-9,11,14H2,1-2H3. The quantitative estimate of drug-likeness (QED) is 0.386. The monoisotopic (exact) mass is 272 g/mol. The first kappa shape index (κ1) is 17.0. The Labute approximate surface area is 126 Å². The molecule has 1 rings (SSSR count). The zero-order chi connectivity index (χ0) is 14.5. The highest BCUT2D eigenvalue weighted by Crippen LogP contribution is 2.15. The maximum Gasteiger partial charge on any atom is -0.0259 e. The van der Waals surface area contributed by atoms with E-state index >= 15 is 0 Å². The lowest BCUT2D eigenvalue weighted by Gasteiger charge is -2.06. The molecule has 20 heavy (non-hydrogen) atoms. The largest absolute Gasteiger partial charge is 0.0811 e. The summed E-state index contributed by atoms with van der Waals surface area (Å²) in [7, 11) is 0. The first-order valence-electron chi connectivity index (χ1n) is 8.56. The van der Waals surface area contributed by atoms with Gasteiger partial charge in [-0.05, 0) is 17.9 Å². The van der Waals surface area contributed by atoms with Crippen LogP contribution in [0.25, 0.3) is 6.08 Å². The van der Waals surface area contributed by atoms with Crippen LogP contribution in [0.4, 0.5) is 0 Å². The van der Waals surface area contributed by atoms with Crippen LogP contribution in [0.15, 0.2) is 36.4 Å². The molecule has 0 aliphatic carbocycles. The molecule has 0 spiro atoms. The Bertz CT molecular complexity index is 336. The molecule has 0 aromatic heterocycles. The number of benzene rings is 1. The molecule has 1 aromatic rings. The summed E-state index contributed by atoms with van der Waals surface area (Å²) in [4.78, 5) is 0. The Morgan fingerprint density at radius 2 is 1.45 bits per heavy atom. The molecule has 0 saturated carbocycles.